The van der Waals surface area contributed by atoms with Gasteiger partial charge in [-0.2, -0.15) is 5.10 Å². The molecule has 0 fully saturated rings. The quantitative estimate of drug-likeness (QED) is 0.738. The van der Waals surface area contributed by atoms with Gasteiger partial charge >= 0.3 is 5.97 Å². The second-order valence-electron chi connectivity index (χ2n) is 6.84. The molecular formula is C19H20FN5O2. The Kier molecular flexibility index (Phi) is 4.27. The predicted molar refractivity (Wildman–Crippen MR) is 96.1 cm³/mol. The zero-order chi connectivity index (χ0) is 19.1. The van der Waals surface area contributed by atoms with E-state index >= 15 is 0 Å². The second kappa shape index (κ2) is 6.62. The zero-order valence-corrected chi connectivity index (χ0v) is 15.1. The molecule has 0 amide bonds. The molecule has 0 saturated carbocycles. The van der Waals surface area contributed by atoms with Gasteiger partial charge in [-0.05, 0) is 43.7 Å². The van der Waals surface area contributed by atoms with Crippen molar-refractivity contribution in [1.29, 1.82) is 0 Å². The molecule has 2 aromatic heterocycles. The number of halogens is 1. The van der Waals surface area contributed by atoms with Crippen LogP contribution in [0.15, 0.2) is 30.6 Å². The van der Waals surface area contributed by atoms with Crippen LogP contribution in [-0.4, -0.2) is 42.3 Å². The van der Waals surface area contributed by atoms with Crippen LogP contribution in [-0.2, 0) is 17.8 Å². The lowest BCUT2D eigenvalue weighted by Gasteiger charge is -2.32. The third-order valence-corrected chi connectivity index (χ3v) is 4.91. The summed E-state index contributed by atoms with van der Waals surface area (Å²) < 4.78 is 15.8. The van der Waals surface area contributed by atoms with Crippen molar-refractivity contribution in [2.45, 2.75) is 32.9 Å². The van der Waals surface area contributed by atoms with E-state index in [1.807, 2.05) is 24.8 Å². The number of aromatic amines is 1. The maximum absolute atomic E-state index is 14.0. The van der Waals surface area contributed by atoms with Crippen LogP contribution in [0.3, 0.4) is 0 Å². The van der Waals surface area contributed by atoms with Crippen molar-refractivity contribution in [3.8, 4) is 5.69 Å². The van der Waals surface area contributed by atoms with Crippen molar-refractivity contribution in [2.75, 3.05) is 6.54 Å². The van der Waals surface area contributed by atoms with Gasteiger partial charge in [0, 0.05) is 30.9 Å². The van der Waals surface area contributed by atoms with E-state index in [1.165, 1.54) is 18.5 Å². The first-order valence-electron chi connectivity index (χ1n) is 8.75. The molecule has 2 N–H and O–H groups in total. The van der Waals surface area contributed by atoms with Crippen molar-refractivity contribution in [3.05, 3.63) is 64.7 Å². The number of carbonyl (C=O) groups is 1. The lowest BCUT2D eigenvalue weighted by molar-refractivity contribution is -0.144. The Morgan fingerprint density at radius 2 is 2.19 bits per heavy atom. The molecule has 0 unspecified atom stereocenters. The number of hydrogen-bond donors (Lipinski definition) is 2. The van der Waals surface area contributed by atoms with E-state index in [4.69, 9.17) is 0 Å². The first kappa shape index (κ1) is 17.4. The summed E-state index contributed by atoms with van der Waals surface area (Å²) in [6.07, 6.45) is 2.19. The summed E-state index contributed by atoms with van der Waals surface area (Å²) in [5, 5.41) is 14.2. The van der Waals surface area contributed by atoms with Crippen molar-refractivity contribution < 1.29 is 14.3 Å². The Hall–Kier alpha value is -3.00. The molecular weight excluding hydrogens is 349 g/mol. The van der Waals surface area contributed by atoms with Crippen molar-refractivity contribution in [1.82, 2.24) is 24.6 Å². The van der Waals surface area contributed by atoms with Crippen LogP contribution >= 0.6 is 0 Å². The Morgan fingerprint density at radius 1 is 1.37 bits per heavy atom. The first-order valence-corrected chi connectivity index (χ1v) is 8.75. The molecule has 0 radical (unpaired) electrons. The molecule has 1 atom stereocenters. The monoisotopic (exact) mass is 369 g/mol. The highest BCUT2D eigenvalue weighted by atomic mass is 19.1. The van der Waals surface area contributed by atoms with E-state index in [-0.39, 0.29) is 12.4 Å². The van der Waals surface area contributed by atoms with Gasteiger partial charge in [0.05, 0.1) is 23.4 Å². The fourth-order valence-corrected chi connectivity index (χ4v) is 3.75. The van der Waals surface area contributed by atoms with Gasteiger partial charge in [-0.3, -0.25) is 9.69 Å². The van der Waals surface area contributed by atoms with Crippen LogP contribution in [0.2, 0.25) is 0 Å². The van der Waals surface area contributed by atoms with E-state index in [2.05, 4.69) is 15.1 Å². The number of fused-ring (bicyclic) bond motifs is 1. The van der Waals surface area contributed by atoms with Gasteiger partial charge in [-0.25, -0.2) is 14.1 Å². The minimum Gasteiger partial charge on any atom is -0.480 e. The summed E-state index contributed by atoms with van der Waals surface area (Å²) in [7, 11) is 0. The number of hydrogen-bond acceptors (Lipinski definition) is 4. The van der Waals surface area contributed by atoms with Gasteiger partial charge < -0.3 is 10.1 Å². The molecule has 0 spiro atoms. The van der Waals surface area contributed by atoms with Crippen LogP contribution in [0.4, 0.5) is 4.39 Å². The van der Waals surface area contributed by atoms with Crippen LogP contribution in [0.1, 0.15) is 34.4 Å². The van der Waals surface area contributed by atoms with Gasteiger partial charge in [0.1, 0.15) is 5.82 Å². The normalized spacial score (nSPS) is 17.1. The second-order valence-corrected chi connectivity index (χ2v) is 6.84. The molecule has 140 valence electrons. The number of imidazole rings is 1. The molecule has 4 rings (SSSR count). The molecule has 1 aliphatic rings. The Balaban J connectivity index is 1.73. The van der Waals surface area contributed by atoms with E-state index in [9.17, 15) is 14.3 Å². The minimum atomic E-state index is -0.966. The Morgan fingerprint density at radius 3 is 2.89 bits per heavy atom. The van der Waals surface area contributed by atoms with Gasteiger partial charge in [-0.1, -0.05) is 0 Å². The largest absolute Gasteiger partial charge is 0.480 e. The number of nitrogens with one attached hydrogen (secondary N) is 1. The fraction of sp³-hybridized carbons (Fsp3) is 0.316. The number of nitrogens with zero attached hydrogens (tertiary/aromatic N) is 4. The summed E-state index contributed by atoms with van der Waals surface area (Å²) in [6.45, 7) is 4.66. The molecule has 0 aliphatic carbocycles. The minimum absolute atomic E-state index is 0.286. The number of aromatic nitrogens is 4. The summed E-state index contributed by atoms with van der Waals surface area (Å²) in [5.74, 6) is -1.33. The lowest BCUT2D eigenvalue weighted by Crippen LogP contribution is -2.39. The van der Waals surface area contributed by atoms with Crippen molar-refractivity contribution in [2.24, 2.45) is 0 Å². The average Bonchev–Trinajstić information content (AvgIpc) is 3.20. The third kappa shape index (κ3) is 3.12. The highest BCUT2D eigenvalue weighted by Crippen LogP contribution is 2.30. The van der Waals surface area contributed by atoms with Crippen molar-refractivity contribution >= 4 is 5.97 Å². The van der Waals surface area contributed by atoms with Gasteiger partial charge in [0.25, 0.3) is 0 Å². The molecule has 3 aromatic rings. The van der Waals surface area contributed by atoms with Crippen molar-refractivity contribution in [3.63, 3.8) is 0 Å². The van der Waals surface area contributed by atoms with E-state index in [0.29, 0.717) is 24.2 Å². The molecule has 27 heavy (non-hydrogen) atoms. The van der Waals surface area contributed by atoms with E-state index in [0.717, 1.165) is 22.8 Å². The summed E-state index contributed by atoms with van der Waals surface area (Å²) in [4.78, 5) is 20.9. The zero-order valence-electron chi connectivity index (χ0n) is 15.1. The van der Waals surface area contributed by atoms with Gasteiger partial charge in [0.15, 0.2) is 6.04 Å². The average molecular weight is 369 g/mol. The SMILES string of the molecule is Cc1cc(C)n(-c2ccc(F)cc2CN2CCc3[nH]cnc3[C@H]2C(=O)O)n1. The summed E-state index contributed by atoms with van der Waals surface area (Å²) >= 11 is 0. The van der Waals surface area contributed by atoms with Crippen LogP contribution in [0, 0.1) is 19.7 Å². The Labute approximate surface area is 155 Å². The number of H-pyrrole nitrogens is 1. The van der Waals surface area contributed by atoms with Crippen LogP contribution < -0.4 is 0 Å². The number of carboxylic acids is 1. The molecule has 0 bridgehead atoms. The van der Waals surface area contributed by atoms with E-state index < -0.39 is 12.0 Å². The van der Waals surface area contributed by atoms with Crippen LogP contribution in [0.5, 0.6) is 0 Å². The van der Waals surface area contributed by atoms with E-state index in [1.54, 1.807) is 10.7 Å². The molecule has 8 heteroatoms. The first-order chi connectivity index (χ1) is 12.9. The molecule has 3 heterocycles. The highest BCUT2D eigenvalue weighted by molar-refractivity contribution is 5.75. The summed E-state index contributed by atoms with van der Waals surface area (Å²) in [5.41, 5.74) is 4.61. The topological polar surface area (TPSA) is 87.0 Å². The number of aryl methyl sites for hydroxylation is 2. The number of aliphatic carboxylic acids is 1. The van der Waals surface area contributed by atoms with Gasteiger partial charge in [-0.15, -0.1) is 0 Å². The maximum Gasteiger partial charge on any atom is 0.327 e. The number of carboxylic acid groups (broad SMARTS) is 1. The Bertz CT molecular complexity index is 1010. The van der Waals surface area contributed by atoms with Gasteiger partial charge in [0.2, 0.25) is 0 Å². The summed E-state index contributed by atoms with van der Waals surface area (Å²) in [6, 6.07) is 5.61. The fourth-order valence-electron chi connectivity index (χ4n) is 3.75. The number of rotatable bonds is 4. The number of benzene rings is 1. The molecule has 1 aliphatic heterocycles. The third-order valence-electron chi connectivity index (χ3n) is 4.91. The lowest BCUT2D eigenvalue weighted by atomic mass is 10.0. The predicted octanol–water partition coefficient (Wildman–Crippen LogP) is 2.54. The van der Waals surface area contributed by atoms with Crippen LogP contribution in [0.25, 0.3) is 5.69 Å². The standard InChI is InChI=1S/C19H20FN5O2/c1-11-7-12(2)25(23-11)16-4-3-14(20)8-13(16)9-24-6-5-15-17(22-10-21-15)18(24)19(26)27/h3-4,7-8,10,18H,5-6,9H2,1-2H3,(H,21,22)(H,26,27)/t18-/m0/s1. The molecule has 1 aromatic carbocycles. The maximum atomic E-state index is 14.0. The molecule has 7 nitrogen and oxygen atoms in total. The highest BCUT2D eigenvalue weighted by Gasteiger charge is 2.35. The smallest absolute Gasteiger partial charge is 0.327 e. The molecule has 0 saturated heterocycles.